The molecule has 0 bridgehead atoms. The average molecular weight is 312 g/mol. The van der Waals surface area contributed by atoms with Crippen LogP contribution < -0.4 is 10.1 Å². The van der Waals surface area contributed by atoms with E-state index in [0.717, 1.165) is 42.3 Å². The molecule has 0 aromatic heterocycles. The third-order valence-electron chi connectivity index (χ3n) is 4.50. The molecule has 112 valence electrons. The second kappa shape index (κ2) is 5.45. The molecule has 4 rings (SSSR count). The van der Waals surface area contributed by atoms with Crippen molar-refractivity contribution in [1.82, 2.24) is 5.32 Å². The maximum absolute atomic E-state index is 6.48. The van der Waals surface area contributed by atoms with Gasteiger partial charge in [0.2, 0.25) is 0 Å². The van der Waals surface area contributed by atoms with Gasteiger partial charge in [-0.3, -0.25) is 0 Å². The normalized spacial score (nSPS) is 19.2. The minimum Gasteiger partial charge on any atom is -0.482 e. The highest BCUT2D eigenvalue weighted by atomic mass is 35.5. The summed E-state index contributed by atoms with van der Waals surface area (Å²) in [5, 5.41) is 4.16. The van der Waals surface area contributed by atoms with Crippen molar-refractivity contribution in [3.63, 3.8) is 0 Å². The minimum absolute atomic E-state index is 0.214. The van der Waals surface area contributed by atoms with E-state index in [1.165, 1.54) is 11.1 Å². The van der Waals surface area contributed by atoms with Gasteiger partial charge in [0.25, 0.3) is 0 Å². The van der Waals surface area contributed by atoms with Crippen LogP contribution in [0.25, 0.3) is 5.57 Å². The average Bonchev–Trinajstić information content (AvgIpc) is 2.56. The van der Waals surface area contributed by atoms with Crippen LogP contribution in [0.1, 0.15) is 24.0 Å². The topological polar surface area (TPSA) is 21.3 Å². The fourth-order valence-corrected chi connectivity index (χ4v) is 3.64. The number of rotatable bonds is 1. The number of hydrogen-bond donors (Lipinski definition) is 1. The van der Waals surface area contributed by atoms with Gasteiger partial charge in [0.1, 0.15) is 11.4 Å². The van der Waals surface area contributed by atoms with E-state index in [9.17, 15) is 0 Å². The molecule has 2 aromatic carbocycles. The summed E-state index contributed by atoms with van der Waals surface area (Å²) in [6, 6.07) is 16.4. The van der Waals surface area contributed by atoms with Crippen molar-refractivity contribution in [2.75, 3.05) is 13.1 Å². The molecule has 1 spiro atoms. The predicted octanol–water partition coefficient (Wildman–Crippen LogP) is 4.29. The van der Waals surface area contributed by atoms with Gasteiger partial charge in [0, 0.05) is 18.4 Å². The molecule has 2 heterocycles. The van der Waals surface area contributed by atoms with Gasteiger partial charge in [-0.1, -0.05) is 48.0 Å². The van der Waals surface area contributed by atoms with E-state index < -0.39 is 0 Å². The largest absolute Gasteiger partial charge is 0.482 e. The third kappa shape index (κ3) is 2.33. The summed E-state index contributed by atoms with van der Waals surface area (Å²) in [4.78, 5) is 0. The zero-order valence-corrected chi connectivity index (χ0v) is 13.1. The van der Waals surface area contributed by atoms with E-state index in [-0.39, 0.29) is 5.60 Å². The lowest BCUT2D eigenvalue weighted by molar-refractivity contribution is 0.0817. The van der Waals surface area contributed by atoms with Gasteiger partial charge in [-0.05, 0) is 42.4 Å². The van der Waals surface area contributed by atoms with Gasteiger partial charge in [-0.2, -0.15) is 0 Å². The molecule has 22 heavy (non-hydrogen) atoms. The van der Waals surface area contributed by atoms with Crippen molar-refractivity contribution < 1.29 is 4.74 Å². The first-order chi connectivity index (χ1) is 10.8. The lowest BCUT2D eigenvalue weighted by atomic mass is 9.83. The molecule has 0 amide bonds. The summed E-state index contributed by atoms with van der Waals surface area (Å²) < 4.78 is 6.39. The quantitative estimate of drug-likeness (QED) is 0.848. The van der Waals surface area contributed by atoms with Gasteiger partial charge in [-0.25, -0.2) is 0 Å². The van der Waals surface area contributed by atoms with Crippen LogP contribution in [-0.4, -0.2) is 18.7 Å². The van der Waals surface area contributed by atoms with Crippen molar-refractivity contribution in [2.45, 2.75) is 18.4 Å². The number of piperidine rings is 1. The third-order valence-corrected chi connectivity index (χ3v) is 4.81. The van der Waals surface area contributed by atoms with Crippen molar-refractivity contribution in [1.29, 1.82) is 0 Å². The molecule has 2 aromatic rings. The Kier molecular flexibility index (Phi) is 3.44. The number of fused-ring (bicyclic) bond motifs is 1. The van der Waals surface area contributed by atoms with Crippen LogP contribution in [0.15, 0.2) is 54.6 Å². The summed E-state index contributed by atoms with van der Waals surface area (Å²) >= 11 is 6.48. The lowest BCUT2D eigenvalue weighted by Crippen LogP contribution is -2.46. The summed E-state index contributed by atoms with van der Waals surface area (Å²) in [7, 11) is 0. The van der Waals surface area contributed by atoms with Gasteiger partial charge in [0.15, 0.2) is 0 Å². The van der Waals surface area contributed by atoms with E-state index in [1.54, 1.807) is 0 Å². The van der Waals surface area contributed by atoms with Gasteiger partial charge in [0.05, 0.1) is 5.02 Å². The van der Waals surface area contributed by atoms with E-state index in [4.69, 9.17) is 16.3 Å². The fourth-order valence-electron chi connectivity index (χ4n) is 3.38. The summed E-state index contributed by atoms with van der Waals surface area (Å²) in [5.74, 6) is 0.899. The van der Waals surface area contributed by atoms with Crippen LogP contribution in [0, 0.1) is 0 Å². The van der Waals surface area contributed by atoms with E-state index in [2.05, 4.69) is 35.7 Å². The predicted molar refractivity (Wildman–Crippen MR) is 90.4 cm³/mol. The Labute approximate surface area is 135 Å². The van der Waals surface area contributed by atoms with Crippen molar-refractivity contribution >= 4 is 17.2 Å². The van der Waals surface area contributed by atoms with Crippen molar-refractivity contribution in [2.24, 2.45) is 0 Å². The first-order valence-electron chi connectivity index (χ1n) is 7.74. The first-order valence-corrected chi connectivity index (χ1v) is 8.12. The Morgan fingerprint density at radius 2 is 1.73 bits per heavy atom. The summed E-state index contributed by atoms with van der Waals surface area (Å²) in [5.41, 5.74) is 3.18. The van der Waals surface area contributed by atoms with E-state index >= 15 is 0 Å². The SMILES string of the molecule is Clc1cccc2c1C(c1ccccc1)=CC1(CCNCC1)O2. The minimum atomic E-state index is -0.214. The maximum Gasteiger partial charge on any atom is 0.130 e. The fraction of sp³-hybridized carbons (Fsp3) is 0.263. The van der Waals surface area contributed by atoms with Gasteiger partial charge < -0.3 is 10.1 Å². The molecular formula is C19H18ClNO. The highest BCUT2D eigenvalue weighted by Crippen LogP contribution is 2.45. The van der Waals surface area contributed by atoms with Gasteiger partial charge >= 0.3 is 0 Å². The molecular weight excluding hydrogens is 294 g/mol. The number of benzene rings is 2. The molecule has 0 unspecified atom stereocenters. The van der Waals surface area contributed by atoms with Crippen LogP contribution in [0.4, 0.5) is 0 Å². The van der Waals surface area contributed by atoms with Crippen LogP contribution in [0.3, 0.4) is 0 Å². The Morgan fingerprint density at radius 3 is 2.50 bits per heavy atom. The molecule has 0 aliphatic carbocycles. The zero-order valence-electron chi connectivity index (χ0n) is 12.3. The molecule has 2 nitrogen and oxygen atoms in total. The van der Waals surface area contributed by atoms with Crippen molar-refractivity contribution in [3.05, 3.63) is 70.8 Å². The molecule has 1 fully saturated rings. The van der Waals surface area contributed by atoms with Crippen LogP contribution >= 0.6 is 11.6 Å². The second-order valence-electron chi connectivity index (χ2n) is 5.95. The molecule has 2 aliphatic rings. The smallest absolute Gasteiger partial charge is 0.130 e. The number of hydrogen-bond acceptors (Lipinski definition) is 2. The highest BCUT2D eigenvalue weighted by Gasteiger charge is 2.37. The van der Waals surface area contributed by atoms with E-state index in [0.29, 0.717) is 0 Å². The lowest BCUT2D eigenvalue weighted by Gasteiger charge is -2.40. The Balaban J connectivity index is 1.90. The first kappa shape index (κ1) is 13.9. The molecule has 0 saturated carbocycles. The molecule has 1 saturated heterocycles. The zero-order chi connectivity index (χ0) is 15.0. The highest BCUT2D eigenvalue weighted by molar-refractivity contribution is 6.33. The van der Waals surface area contributed by atoms with Gasteiger partial charge in [-0.15, -0.1) is 0 Å². The molecule has 0 atom stereocenters. The Hall–Kier alpha value is -1.77. The molecule has 0 radical (unpaired) electrons. The van der Waals surface area contributed by atoms with Crippen LogP contribution in [-0.2, 0) is 0 Å². The van der Waals surface area contributed by atoms with Crippen LogP contribution in [0.5, 0.6) is 5.75 Å². The monoisotopic (exact) mass is 311 g/mol. The number of halogens is 1. The Bertz CT molecular complexity index is 717. The maximum atomic E-state index is 6.48. The molecule has 2 aliphatic heterocycles. The van der Waals surface area contributed by atoms with Crippen molar-refractivity contribution in [3.8, 4) is 5.75 Å². The molecule has 3 heteroatoms. The van der Waals surface area contributed by atoms with E-state index in [1.807, 2.05) is 24.3 Å². The Morgan fingerprint density at radius 1 is 0.955 bits per heavy atom. The summed E-state index contributed by atoms with van der Waals surface area (Å²) in [6.07, 6.45) is 4.25. The standard InChI is InChI=1S/C19H18ClNO/c20-16-7-4-8-17-18(16)15(14-5-2-1-3-6-14)13-19(22-17)9-11-21-12-10-19/h1-8,13,21H,9-12H2. The summed E-state index contributed by atoms with van der Waals surface area (Å²) in [6.45, 7) is 1.96. The molecule has 1 N–H and O–H groups in total. The van der Waals surface area contributed by atoms with Crippen LogP contribution in [0.2, 0.25) is 5.02 Å². The number of nitrogens with one attached hydrogen (secondary N) is 1. The second-order valence-corrected chi connectivity index (χ2v) is 6.36. The number of ether oxygens (including phenoxy) is 1.